The van der Waals surface area contributed by atoms with Crippen molar-refractivity contribution in [1.82, 2.24) is 4.90 Å². The number of carbonyl (C=O) groups is 1. The van der Waals surface area contributed by atoms with Crippen LogP contribution in [0.5, 0.6) is 5.75 Å². The van der Waals surface area contributed by atoms with Crippen LogP contribution in [0, 0.1) is 5.82 Å². The number of likely N-dealkylation sites (N-methyl/N-ethyl adjacent to an activating group) is 1. The highest BCUT2D eigenvalue weighted by molar-refractivity contribution is 9.10. The highest BCUT2D eigenvalue weighted by Crippen LogP contribution is 2.21. The van der Waals surface area contributed by atoms with Crippen LogP contribution in [0.3, 0.4) is 0 Å². The second-order valence-electron chi connectivity index (χ2n) is 5.33. The van der Waals surface area contributed by atoms with Gasteiger partial charge in [0.1, 0.15) is 12.2 Å². The molecule has 0 spiro atoms. The maximum atomic E-state index is 13.5. The first-order chi connectivity index (χ1) is 9.19. The van der Waals surface area contributed by atoms with Gasteiger partial charge in [-0.3, -0.25) is 0 Å². The molecule has 0 aliphatic heterocycles. The SMILES string of the molecule is CN(CCOc1ccc(Br)cc1F)C(=O)OC(C)(C)C. The summed E-state index contributed by atoms with van der Waals surface area (Å²) < 4.78 is 24.6. The monoisotopic (exact) mass is 347 g/mol. The topological polar surface area (TPSA) is 38.8 Å². The van der Waals surface area contributed by atoms with Gasteiger partial charge in [0.2, 0.25) is 0 Å². The second kappa shape index (κ2) is 6.92. The molecule has 112 valence electrons. The molecule has 0 atom stereocenters. The van der Waals surface area contributed by atoms with Gasteiger partial charge in [-0.05, 0) is 39.0 Å². The van der Waals surface area contributed by atoms with E-state index < -0.39 is 17.5 Å². The Balaban J connectivity index is 2.42. The molecule has 0 saturated heterocycles. The van der Waals surface area contributed by atoms with E-state index in [1.165, 1.54) is 17.0 Å². The van der Waals surface area contributed by atoms with Crippen LogP contribution in [0.4, 0.5) is 9.18 Å². The summed E-state index contributed by atoms with van der Waals surface area (Å²) in [5, 5.41) is 0. The predicted octanol–water partition coefficient (Wildman–Crippen LogP) is 3.83. The third-order valence-electron chi connectivity index (χ3n) is 2.28. The first kappa shape index (κ1) is 16.8. The van der Waals surface area contributed by atoms with Crippen molar-refractivity contribution in [3.8, 4) is 5.75 Å². The largest absolute Gasteiger partial charge is 0.489 e. The molecule has 0 heterocycles. The Labute approximate surface area is 127 Å². The van der Waals surface area contributed by atoms with Crippen molar-refractivity contribution in [2.45, 2.75) is 26.4 Å². The molecular formula is C14H19BrFNO3. The highest BCUT2D eigenvalue weighted by Gasteiger charge is 2.19. The molecule has 20 heavy (non-hydrogen) atoms. The van der Waals surface area contributed by atoms with E-state index in [4.69, 9.17) is 9.47 Å². The average molecular weight is 348 g/mol. The maximum Gasteiger partial charge on any atom is 0.410 e. The first-order valence-corrected chi connectivity index (χ1v) is 7.00. The molecule has 0 bridgehead atoms. The number of ether oxygens (including phenoxy) is 2. The van der Waals surface area contributed by atoms with Gasteiger partial charge >= 0.3 is 6.09 Å². The van der Waals surface area contributed by atoms with E-state index in [0.29, 0.717) is 11.0 Å². The minimum Gasteiger partial charge on any atom is -0.489 e. The van der Waals surface area contributed by atoms with Crippen LogP contribution < -0.4 is 4.74 Å². The molecule has 6 heteroatoms. The Kier molecular flexibility index (Phi) is 5.80. The predicted molar refractivity (Wildman–Crippen MR) is 78.5 cm³/mol. The van der Waals surface area contributed by atoms with Crippen LogP contribution >= 0.6 is 15.9 Å². The molecule has 1 rings (SSSR count). The minimum absolute atomic E-state index is 0.158. The van der Waals surface area contributed by atoms with Crippen molar-refractivity contribution in [2.75, 3.05) is 20.2 Å². The van der Waals surface area contributed by atoms with Gasteiger partial charge in [-0.15, -0.1) is 0 Å². The summed E-state index contributed by atoms with van der Waals surface area (Å²) in [6.45, 7) is 5.89. The summed E-state index contributed by atoms with van der Waals surface area (Å²) in [6, 6.07) is 4.55. The number of amides is 1. The summed E-state index contributed by atoms with van der Waals surface area (Å²) >= 11 is 3.17. The normalized spacial score (nSPS) is 11.1. The zero-order valence-electron chi connectivity index (χ0n) is 12.1. The van der Waals surface area contributed by atoms with E-state index >= 15 is 0 Å². The fourth-order valence-corrected chi connectivity index (χ4v) is 1.65. The van der Waals surface area contributed by atoms with Crippen LogP contribution in [0.2, 0.25) is 0 Å². The summed E-state index contributed by atoms with van der Waals surface area (Å²) in [4.78, 5) is 13.1. The number of nitrogens with zero attached hydrogens (tertiary/aromatic N) is 1. The fourth-order valence-electron chi connectivity index (χ4n) is 1.32. The molecule has 0 aliphatic carbocycles. The zero-order chi connectivity index (χ0) is 15.3. The molecular weight excluding hydrogens is 329 g/mol. The van der Waals surface area contributed by atoms with Gasteiger partial charge in [0.15, 0.2) is 11.6 Å². The molecule has 1 aromatic carbocycles. The molecule has 4 nitrogen and oxygen atoms in total. The molecule has 0 saturated carbocycles. The van der Waals surface area contributed by atoms with Crippen LogP contribution in [-0.4, -0.2) is 36.8 Å². The molecule has 1 amide bonds. The van der Waals surface area contributed by atoms with Crippen molar-refractivity contribution < 1.29 is 18.7 Å². The fraction of sp³-hybridized carbons (Fsp3) is 0.500. The lowest BCUT2D eigenvalue weighted by molar-refractivity contribution is 0.0277. The lowest BCUT2D eigenvalue weighted by atomic mass is 10.2. The standard InChI is InChI=1S/C14H19BrFNO3/c1-14(2,3)20-13(18)17(4)7-8-19-12-6-5-10(15)9-11(12)16/h5-6,9H,7-8H2,1-4H3. The summed E-state index contributed by atoms with van der Waals surface area (Å²) in [7, 11) is 1.61. The Morgan fingerprint density at radius 2 is 2.05 bits per heavy atom. The number of carbonyl (C=O) groups excluding carboxylic acids is 1. The van der Waals surface area contributed by atoms with Crippen LogP contribution in [0.25, 0.3) is 0 Å². The smallest absolute Gasteiger partial charge is 0.410 e. The first-order valence-electron chi connectivity index (χ1n) is 6.21. The summed E-state index contributed by atoms with van der Waals surface area (Å²) in [5.74, 6) is -0.287. The quantitative estimate of drug-likeness (QED) is 0.830. The van der Waals surface area contributed by atoms with Crippen molar-refractivity contribution in [2.24, 2.45) is 0 Å². The van der Waals surface area contributed by atoms with Gasteiger partial charge in [0, 0.05) is 11.5 Å². The van der Waals surface area contributed by atoms with Crippen molar-refractivity contribution in [1.29, 1.82) is 0 Å². The number of hydrogen-bond donors (Lipinski definition) is 0. The third kappa shape index (κ3) is 5.77. The van der Waals surface area contributed by atoms with E-state index in [9.17, 15) is 9.18 Å². The Morgan fingerprint density at radius 1 is 1.40 bits per heavy atom. The highest BCUT2D eigenvalue weighted by atomic mass is 79.9. The molecule has 1 aromatic rings. The second-order valence-corrected chi connectivity index (χ2v) is 6.24. The lowest BCUT2D eigenvalue weighted by Crippen LogP contribution is -2.36. The Morgan fingerprint density at radius 3 is 2.60 bits per heavy atom. The van der Waals surface area contributed by atoms with Crippen LogP contribution in [-0.2, 0) is 4.74 Å². The molecule has 0 N–H and O–H groups in total. The average Bonchev–Trinajstić information content (AvgIpc) is 2.29. The van der Waals surface area contributed by atoms with Gasteiger partial charge in [0.25, 0.3) is 0 Å². The van der Waals surface area contributed by atoms with E-state index in [1.807, 2.05) is 0 Å². The molecule has 0 aliphatic rings. The molecule has 0 aromatic heterocycles. The number of hydrogen-bond acceptors (Lipinski definition) is 3. The van der Waals surface area contributed by atoms with Gasteiger partial charge in [-0.1, -0.05) is 15.9 Å². The van der Waals surface area contributed by atoms with Gasteiger partial charge in [-0.25, -0.2) is 9.18 Å². The van der Waals surface area contributed by atoms with Crippen LogP contribution in [0.1, 0.15) is 20.8 Å². The maximum absolute atomic E-state index is 13.5. The molecule has 0 radical (unpaired) electrons. The number of benzene rings is 1. The van der Waals surface area contributed by atoms with E-state index in [1.54, 1.807) is 33.9 Å². The van der Waals surface area contributed by atoms with E-state index in [0.717, 1.165) is 0 Å². The Bertz CT molecular complexity index is 474. The Hall–Kier alpha value is -1.30. The summed E-state index contributed by atoms with van der Waals surface area (Å²) in [6.07, 6.45) is -0.433. The summed E-state index contributed by atoms with van der Waals surface area (Å²) in [5.41, 5.74) is -0.538. The van der Waals surface area contributed by atoms with E-state index in [2.05, 4.69) is 15.9 Å². The van der Waals surface area contributed by atoms with Gasteiger partial charge in [0.05, 0.1) is 6.54 Å². The van der Waals surface area contributed by atoms with Gasteiger partial charge in [-0.2, -0.15) is 0 Å². The number of rotatable bonds is 4. The van der Waals surface area contributed by atoms with Gasteiger partial charge < -0.3 is 14.4 Å². The van der Waals surface area contributed by atoms with Crippen LogP contribution in [0.15, 0.2) is 22.7 Å². The lowest BCUT2D eigenvalue weighted by Gasteiger charge is -2.24. The number of halogens is 2. The minimum atomic E-state index is -0.538. The van der Waals surface area contributed by atoms with Crippen molar-refractivity contribution in [3.05, 3.63) is 28.5 Å². The zero-order valence-corrected chi connectivity index (χ0v) is 13.7. The van der Waals surface area contributed by atoms with Crippen molar-refractivity contribution >= 4 is 22.0 Å². The molecule has 0 fully saturated rings. The van der Waals surface area contributed by atoms with E-state index in [-0.39, 0.29) is 12.4 Å². The third-order valence-corrected chi connectivity index (χ3v) is 2.78. The van der Waals surface area contributed by atoms with Crippen molar-refractivity contribution in [3.63, 3.8) is 0 Å². The molecule has 0 unspecified atom stereocenters.